The summed E-state index contributed by atoms with van der Waals surface area (Å²) in [6.07, 6.45) is 0. The number of carbonyl (C=O) groups excluding carboxylic acids is 2. The van der Waals surface area contributed by atoms with E-state index in [2.05, 4.69) is 4.72 Å². The molecule has 0 bridgehead atoms. The van der Waals surface area contributed by atoms with Crippen LogP contribution in [-0.2, 0) is 14.8 Å². The Morgan fingerprint density at radius 2 is 1.64 bits per heavy atom. The summed E-state index contributed by atoms with van der Waals surface area (Å²) in [6.45, 7) is 1.20. The maximum Gasteiger partial charge on any atom is 0.256 e. The topological polar surface area (TPSA) is 105 Å². The zero-order valence-corrected chi connectivity index (χ0v) is 19.2. The number of amides is 2. The third kappa shape index (κ3) is 5.67. The Bertz CT molecular complexity index is 1120. The first-order valence-corrected chi connectivity index (χ1v) is 11.8. The van der Waals surface area contributed by atoms with Crippen LogP contribution in [0.4, 0.5) is 4.39 Å². The summed E-state index contributed by atoms with van der Waals surface area (Å²) >= 11 is 0. The number of hydrogen-bond donors (Lipinski definition) is 1. The fraction of sp³-hybridized carbons (Fsp3) is 0.364. The highest BCUT2D eigenvalue weighted by molar-refractivity contribution is 7.89. The highest BCUT2D eigenvalue weighted by Crippen LogP contribution is 2.26. The maximum atomic E-state index is 13.9. The number of halogens is 1. The molecule has 0 saturated carbocycles. The number of sulfonamides is 1. The van der Waals surface area contributed by atoms with Crippen molar-refractivity contribution in [2.75, 3.05) is 53.6 Å². The largest absolute Gasteiger partial charge is 0.495 e. The Kier molecular flexibility index (Phi) is 8.01. The molecule has 0 unspecified atom stereocenters. The van der Waals surface area contributed by atoms with Gasteiger partial charge in [-0.3, -0.25) is 9.59 Å². The van der Waals surface area contributed by atoms with Crippen LogP contribution in [-0.4, -0.2) is 83.6 Å². The van der Waals surface area contributed by atoms with E-state index in [9.17, 15) is 22.4 Å². The number of carbonyl (C=O) groups is 2. The van der Waals surface area contributed by atoms with Crippen molar-refractivity contribution in [2.24, 2.45) is 0 Å². The number of nitrogens with one attached hydrogen (secondary N) is 1. The van der Waals surface area contributed by atoms with Gasteiger partial charge in [0.05, 0.1) is 19.3 Å². The van der Waals surface area contributed by atoms with Crippen LogP contribution in [0.3, 0.4) is 0 Å². The molecule has 2 amide bonds. The SMILES string of the molecule is COCCNS(=O)(=O)c1cc(C(=O)N2CCN(C(=O)c3ccccc3F)CC2)ccc1OC. The molecule has 1 heterocycles. The van der Waals surface area contributed by atoms with E-state index in [1.54, 1.807) is 6.07 Å². The number of hydrogen-bond acceptors (Lipinski definition) is 6. The van der Waals surface area contributed by atoms with E-state index in [-0.39, 0.29) is 67.0 Å². The van der Waals surface area contributed by atoms with E-state index < -0.39 is 21.7 Å². The van der Waals surface area contributed by atoms with Crippen molar-refractivity contribution in [1.82, 2.24) is 14.5 Å². The quantitative estimate of drug-likeness (QED) is 0.574. The van der Waals surface area contributed by atoms with Gasteiger partial charge in [0.2, 0.25) is 10.0 Å². The van der Waals surface area contributed by atoms with E-state index in [0.717, 1.165) is 0 Å². The molecular weight excluding hydrogens is 453 g/mol. The average molecular weight is 480 g/mol. The Labute approximate surface area is 192 Å². The van der Waals surface area contributed by atoms with Crippen molar-refractivity contribution in [3.05, 3.63) is 59.4 Å². The maximum absolute atomic E-state index is 13.9. The van der Waals surface area contributed by atoms with Crippen LogP contribution >= 0.6 is 0 Å². The first-order valence-electron chi connectivity index (χ1n) is 10.3. The average Bonchev–Trinajstić information content (AvgIpc) is 2.83. The summed E-state index contributed by atoms with van der Waals surface area (Å²) in [5, 5.41) is 0. The third-order valence-corrected chi connectivity index (χ3v) is 6.74. The molecule has 3 rings (SSSR count). The number of rotatable bonds is 8. The highest BCUT2D eigenvalue weighted by atomic mass is 32.2. The zero-order chi connectivity index (χ0) is 24.0. The molecule has 1 saturated heterocycles. The molecule has 178 valence electrons. The van der Waals surface area contributed by atoms with Crippen LogP contribution in [0.25, 0.3) is 0 Å². The van der Waals surface area contributed by atoms with Gasteiger partial charge in [0, 0.05) is 45.4 Å². The molecule has 0 spiro atoms. The van der Waals surface area contributed by atoms with Crippen LogP contribution in [0.15, 0.2) is 47.4 Å². The monoisotopic (exact) mass is 479 g/mol. The molecule has 0 aromatic heterocycles. The van der Waals surface area contributed by atoms with Crippen LogP contribution in [0.2, 0.25) is 0 Å². The molecular formula is C22H26FN3O6S. The van der Waals surface area contributed by atoms with Gasteiger partial charge in [-0.05, 0) is 30.3 Å². The van der Waals surface area contributed by atoms with Crippen molar-refractivity contribution >= 4 is 21.8 Å². The van der Waals surface area contributed by atoms with Gasteiger partial charge in [-0.1, -0.05) is 12.1 Å². The van der Waals surface area contributed by atoms with E-state index in [4.69, 9.17) is 9.47 Å². The molecule has 0 radical (unpaired) electrons. The van der Waals surface area contributed by atoms with Gasteiger partial charge in [-0.2, -0.15) is 0 Å². The van der Waals surface area contributed by atoms with Crippen molar-refractivity contribution in [1.29, 1.82) is 0 Å². The van der Waals surface area contributed by atoms with Gasteiger partial charge in [0.1, 0.15) is 16.5 Å². The summed E-state index contributed by atoms with van der Waals surface area (Å²) in [5.74, 6) is -1.28. The Morgan fingerprint density at radius 3 is 2.24 bits per heavy atom. The molecule has 2 aromatic rings. The van der Waals surface area contributed by atoms with Gasteiger partial charge in [-0.25, -0.2) is 17.5 Å². The molecule has 0 atom stereocenters. The first kappa shape index (κ1) is 24.6. The van der Waals surface area contributed by atoms with Gasteiger partial charge in [-0.15, -0.1) is 0 Å². The summed E-state index contributed by atoms with van der Waals surface area (Å²) in [7, 11) is -1.13. The normalized spacial score (nSPS) is 14.3. The fourth-order valence-corrected chi connectivity index (χ4v) is 4.68. The Balaban J connectivity index is 1.72. The van der Waals surface area contributed by atoms with Crippen molar-refractivity contribution in [3.8, 4) is 5.75 Å². The molecule has 1 N–H and O–H groups in total. The first-order chi connectivity index (χ1) is 15.8. The van der Waals surface area contributed by atoms with E-state index in [0.29, 0.717) is 0 Å². The molecule has 9 nitrogen and oxygen atoms in total. The summed E-state index contributed by atoms with van der Waals surface area (Å²) in [6, 6.07) is 9.95. The molecule has 11 heteroatoms. The van der Waals surface area contributed by atoms with Crippen molar-refractivity contribution in [3.63, 3.8) is 0 Å². The second-order valence-electron chi connectivity index (χ2n) is 7.32. The number of piperazine rings is 1. The molecule has 0 aliphatic carbocycles. The minimum Gasteiger partial charge on any atom is -0.495 e. The lowest BCUT2D eigenvalue weighted by atomic mass is 10.1. The number of nitrogens with zero attached hydrogens (tertiary/aromatic N) is 2. The Morgan fingerprint density at radius 1 is 1.00 bits per heavy atom. The summed E-state index contributed by atoms with van der Waals surface area (Å²) in [5.41, 5.74) is 0.167. The lowest BCUT2D eigenvalue weighted by Gasteiger charge is -2.35. The smallest absolute Gasteiger partial charge is 0.256 e. The van der Waals surface area contributed by atoms with E-state index >= 15 is 0 Å². The van der Waals surface area contributed by atoms with Gasteiger partial charge < -0.3 is 19.3 Å². The van der Waals surface area contributed by atoms with E-state index in [1.807, 2.05) is 0 Å². The lowest BCUT2D eigenvalue weighted by Crippen LogP contribution is -2.50. The Hall–Kier alpha value is -3.02. The summed E-state index contributed by atoms with van der Waals surface area (Å²) < 4.78 is 51.7. The van der Waals surface area contributed by atoms with Gasteiger partial charge in [0.15, 0.2) is 0 Å². The molecule has 1 aliphatic heterocycles. The molecule has 2 aromatic carbocycles. The number of benzene rings is 2. The fourth-order valence-electron chi connectivity index (χ4n) is 3.48. The molecule has 1 aliphatic rings. The predicted octanol–water partition coefficient (Wildman–Crippen LogP) is 1.36. The van der Waals surface area contributed by atoms with Crippen molar-refractivity contribution < 1.29 is 31.9 Å². The predicted molar refractivity (Wildman–Crippen MR) is 118 cm³/mol. The minimum absolute atomic E-state index is 0.0109. The van der Waals surface area contributed by atoms with Crippen LogP contribution < -0.4 is 9.46 Å². The number of ether oxygens (including phenoxy) is 2. The van der Waals surface area contributed by atoms with Crippen LogP contribution in [0.1, 0.15) is 20.7 Å². The molecule has 1 fully saturated rings. The van der Waals surface area contributed by atoms with Gasteiger partial charge in [0.25, 0.3) is 11.8 Å². The van der Waals surface area contributed by atoms with Gasteiger partial charge >= 0.3 is 0 Å². The highest BCUT2D eigenvalue weighted by Gasteiger charge is 2.28. The van der Waals surface area contributed by atoms with Crippen LogP contribution in [0, 0.1) is 5.82 Å². The van der Waals surface area contributed by atoms with Crippen LogP contribution in [0.5, 0.6) is 5.75 Å². The molecule has 33 heavy (non-hydrogen) atoms. The second kappa shape index (κ2) is 10.7. The van der Waals surface area contributed by atoms with Crippen molar-refractivity contribution in [2.45, 2.75) is 4.90 Å². The zero-order valence-electron chi connectivity index (χ0n) is 18.4. The number of methoxy groups -OCH3 is 2. The van der Waals surface area contributed by atoms with E-state index in [1.165, 1.54) is 60.4 Å². The lowest BCUT2D eigenvalue weighted by molar-refractivity contribution is 0.0532. The second-order valence-corrected chi connectivity index (χ2v) is 9.06. The minimum atomic E-state index is -3.93. The standard InChI is InChI=1S/C22H26FN3O6S/c1-31-14-9-24-33(29,30)20-15-16(7-8-19(20)32-2)21(27)25-10-12-26(13-11-25)22(28)17-5-3-4-6-18(17)23/h3-8,15,24H,9-14H2,1-2H3. The summed E-state index contributed by atoms with van der Waals surface area (Å²) in [4.78, 5) is 28.5. The third-order valence-electron chi connectivity index (χ3n) is 5.26.